The van der Waals surface area contributed by atoms with Crippen LogP contribution in [0.2, 0.25) is 0 Å². The summed E-state index contributed by atoms with van der Waals surface area (Å²) in [4.78, 5) is 41.7. The molecule has 135 valence electrons. The number of rotatable bonds is 1. The van der Waals surface area contributed by atoms with E-state index in [0.717, 1.165) is 0 Å². The standard InChI is InChI=1S/C10H8N2.2C2H2O4.Cu/c1-5-11-6-2-9(1)10-3-7-12-8-4-10;2*3-1(4)2(5)6;/h1-8H;2*(H,3,4)(H,5,6);/q;;;+2/p-2. The predicted molar refractivity (Wildman–Crippen MR) is 65.0 cm³/mol. The average Bonchev–Trinajstić information content (AvgIpc) is 2.57. The molecule has 2 heterocycles. The van der Waals surface area contributed by atoms with Gasteiger partial charge in [0.05, 0.1) is 23.9 Å². The van der Waals surface area contributed by atoms with E-state index in [1.165, 1.54) is 11.1 Å². The van der Waals surface area contributed by atoms with Crippen molar-refractivity contribution >= 4 is 23.9 Å². The Morgan fingerprint density at radius 1 is 0.560 bits per heavy atom. The van der Waals surface area contributed by atoms with Gasteiger partial charge in [0.15, 0.2) is 24.8 Å². The third-order valence-corrected chi connectivity index (χ3v) is 2.10. The van der Waals surface area contributed by atoms with Crippen LogP contribution in [-0.4, -0.2) is 23.9 Å². The molecule has 0 aromatic carbocycles. The van der Waals surface area contributed by atoms with Crippen LogP contribution in [0.15, 0.2) is 49.1 Å². The van der Waals surface area contributed by atoms with Gasteiger partial charge in [0.25, 0.3) is 0 Å². The number of aromatic nitrogens is 2. The number of pyridine rings is 2. The third-order valence-electron chi connectivity index (χ3n) is 2.10. The van der Waals surface area contributed by atoms with E-state index >= 15 is 0 Å². The molecular weight excluding hydrogens is 388 g/mol. The molecule has 0 amide bonds. The first kappa shape index (κ1) is 24.0. The number of H-pyrrole nitrogens is 2. The fourth-order valence-electron chi connectivity index (χ4n) is 1.16. The fourth-order valence-corrected chi connectivity index (χ4v) is 1.16. The molecule has 0 spiro atoms. The maximum absolute atomic E-state index is 8.93. The van der Waals surface area contributed by atoms with Crippen molar-refractivity contribution in [2.45, 2.75) is 0 Å². The summed E-state index contributed by atoms with van der Waals surface area (Å²) in [7, 11) is 0. The Labute approximate surface area is 151 Å². The number of nitrogens with one attached hydrogen (secondary N) is 2. The van der Waals surface area contributed by atoms with E-state index < -0.39 is 23.9 Å². The van der Waals surface area contributed by atoms with E-state index in [0.29, 0.717) is 0 Å². The minimum atomic E-state index is -2.19. The number of aromatic amines is 2. The first-order valence-corrected chi connectivity index (χ1v) is 6.03. The van der Waals surface area contributed by atoms with Gasteiger partial charge in [0.1, 0.15) is 0 Å². The molecule has 2 N–H and O–H groups in total. The van der Waals surface area contributed by atoms with Crippen molar-refractivity contribution in [3.63, 3.8) is 0 Å². The van der Waals surface area contributed by atoms with Crippen molar-refractivity contribution in [3.05, 3.63) is 49.1 Å². The van der Waals surface area contributed by atoms with Gasteiger partial charge in [-0.3, -0.25) is 0 Å². The topological polar surface area (TPSA) is 189 Å². The molecule has 2 aromatic heterocycles. The molecule has 2 rings (SSSR count). The van der Waals surface area contributed by atoms with Crippen LogP contribution in [0.5, 0.6) is 0 Å². The minimum absolute atomic E-state index is 0. The van der Waals surface area contributed by atoms with E-state index in [1.54, 1.807) is 0 Å². The Kier molecular flexibility index (Phi) is 12.6. The molecule has 0 saturated heterocycles. The van der Waals surface area contributed by atoms with Crippen LogP contribution >= 0.6 is 0 Å². The van der Waals surface area contributed by atoms with Crippen molar-refractivity contribution < 1.29 is 66.6 Å². The quantitative estimate of drug-likeness (QED) is 0.335. The maximum Gasteiger partial charge on any atom is 2.00 e. The molecule has 10 nitrogen and oxygen atoms in total. The van der Waals surface area contributed by atoms with Crippen molar-refractivity contribution in [2.75, 3.05) is 0 Å². The van der Waals surface area contributed by atoms with Gasteiger partial charge in [-0.2, -0.15) is 0 Å². The fraction of sp³-hybridized carbons (Fsp3) is 0. The predicted octanol–water partition coefficient (Wildman–Crippen LogP) is -6.05. The molecular formula is C14H10CuN2O8. The maximum atomic E-state index is 8.93. The number of hydrogen-bond donors (Lipinski definition) is 0. The average molecular weight is 398 g/mol. The van der Waals surface area contributed by atoms with Crippen LogP contribution in [0.4, 0.5) is 0 Å². The van der Waals surface area contributed by atoms with E-state index in [9.17, 15) is 0 Å². The number of carboxylic acids is 4. The van der Waals surface area contributed by atoms with Gasteiger partial charge in [0, 0.05) is 24.3 Å². The normalized spacial score (nSPS) is 8.16. The number of carboxylic acid groups (broad SMARTS) is 4. The van der Waals surface area contributed by atoms with Gasteiger partial charge in [-0.05, 0) is 11.1 Å². The molecule has 0 fully saturated rings. The summed E-state index contributed by atoms with van der Waals surface area (Å²) >= 11 is 0. The summed E-state index contributed by atoms with van der Waals surface area (Å²) in [6.45, 7) is 0. The van der Waals surface area contributed by atoms with Crippen LogP contribution in [0.1, 0.15) is 0 Å². The summed E-state index contributed by atoms with van der Waals surface area (Å²) in [5, 5.41) is 35.7. The molecule has 25 heavy (non-hydrogen) atoms. The Morgan fingerprint density at radius 2 is 0.760 bits per heavy atom. The van der Waals surface area contributed by atoms with Crippen LogP contribution in [0.25, 0.3) is 11.1 Å². The van der Waals surface area contributed by atoms with Crippen LogP contribution < -0.4 is 30.4 Å². The second-order valence-corrected chi connectivity index (χ2v) is 3.73. The zero-order valence-electron chi connectivity index (χ0n) is 12.2. The molecule has 0 saturated carbocycles. The van der Waals surface area contributed by atoms with Gasteiger partial charge in [-0.1, -0.05) is 0 Å². The summed E-state index contributed by atoms with van der Waals surface area (Å²) < 4.78 is 0. The van der Waals surface area contributed by atoms with Gasteiger partial charge in [0.2, 0.25) is 0 Å². The Hall–Kier alpha value is -3.30. The summed E-state index contributed by atoms with van der Waals surface area (Å²) in [5.41, 5.74) is 2.45. The summed E-state index contributed by atoms with van der Waals surface area (Å²) in [6.07, 6.45) is 7.69. The van der Waals surface area contributed by atoms with Gasteiger partial charge in [-0.25, -0.2) is 9.97 Å². The van der Waals surface area contributed by atoms with Crippen molar-refractivity contribution in [1.29, 1.82) is 0 Å². The first-order valence-electron chi connectivity index (χ1n) is 6.03. The molecule has 0 aliphatic rings. The third kappa shape index (κ3) is 11.9. The molecule has 0 aliphatic carbocycles. The first-order chi connectivity index (χ1) is 11.3. The van der Waals surface area contributed by atoms with Crippen molar-refractivity contribution in [2.24, 2.45) is 0 Å². The molecule has 0 atom stereocenters. The minimum Gasteiger partial charge on any atom is -0.543 e. The molecule has 1 radical (unpaired) electrons. The monoisotopic (exact) mass is 397 g/mol. The largest absolute Gasteiger partial charge is 2.00 e. The second-order valence-electron chi connectivity index (χ2n) is 3.73. The molecule has 11 heteroatoms. The summed E-state index contributed by atoms with van der Waals surface area (Å²) in [5.74, 6) is -8.74. The smallest absolute Gasteiger partial charge is 0.543 e. The van der Waals surface area contributed by atoms with Gasteiger partial charge >= 0.3 is 17.1 Å². The molecule has 0 bridgehead atoms. The zero-order valence-corrected chi connectivity index (χ0v) is 13.1. The number of aliphatic carboxylic acids is 4. The SMILES string of the molecule is O=C([O-])C(=O)[O-].O=C([O-])C(=O)[O-].[Cu+2].c1cc(-c2cc[nH+]cc2)cc[nH+]1. The summed E-state index contributed by atoms with van der Waals surface area (Å²) in [6, 6.07) is 8.20. The Balaban J connectivity index is 0. The van der Waals surface area contributed by atoms with Crippen LogP contribution in [-0.2, 0) is 36.2 Å². The zero-order chi connectivity index (χ0) is 18.5. The van der Waals surface area contributed by atoms with E-state index in [2.05, 4.69) is 34.2 Å². The van der Waals surface area contributed by atoms with E-state index in [-0.39, 0.29) is 17.1 Å². The van der Waals surface area contributed by atoms with Gasteiger partial charge < -0.3 is 39.6 Å². The van der Waals surface area contributed by atoms with Crippen molar-refractivity contribution in [3.8, 4) is 11.1 Å². The number of carbonyl (C=O) groups excluding carboxylic acids is 4. The van der Waals surface area contributed by atoms with E-state index in [1.807, 2.05) is 24.8 Å². The van der Waals surface area contributed by atoms with Crippen LogP contribution in [0, 0.1) is 0 Å². The number of carbonyl (C=O) groups is 4. The van der Waals surface area contributed by atoms with Crippen LogP contribution in [0.3, 0.4) is 0 Å². The molecule has 0 aliphatic heterocycles. The van der Waals surface area contributed by atoms with Gasteiger partial charge in [-0.15, -0.1) is 0 Å². The molecule has 0 unspecified atom stereocenters. The van der Waals surface area contributed by atoms with Crippen molar-refractivity contribution in [1.82, 2.24) is 0 Å². The Morgan fingerprint density at radius 3 is 0.920 bits per heavy atom. The number of hydrogen-bond acceptors (Lipinski definition) is 8. The van der Waals surface area contributed by atoms with E-state index in [4.69, 9.17) is 39.6 Å². The second kappa shape index (κ2) is 13.2. The molecule has 2 aromatic rings. The Bertz CT molecular complexity index is 609.